The summed E-state index contributed by atoms with van der Waals surface area (Å²) >= 11 is 0. The quantitative estimate of drug-likeness (QED) is 0.900. The molecule has 1 N–H and O–H groups in total. The normalized spacial score (nSPS) is 11.2. The highest BCUT2D eigenvalue weighted by molar-refractivity contribution is 5.34. The SMILES string of the molecule is Cc1c(CNC(C)C)cnn1-c1ccc(F)cc1. The molecule has 0 bridgehead atoms. The first-order valence-corrected chi connectivity index (χ1v) is 6.10. The van der Waals surface area contributed by atoms with Gasteiger partial charge in [-0.15, -0.1) is 0 Å². The lowest BCUT2D eigenvalue weighted by Crippen LogP contribution is -2.22. The maximum absolute atomic E-state index is 12.9. The van der Waals surface area contributed by atoms with E-state index < -0.39 is 0 Å². The molecule has 0 saturated carbocycles. The van der Waals surface area contributed by atoms with Crippen LogP contribution in [0.2, 0.25) is 0 Å². The molecule has 0 saturated heterocycles. The second-order valence-electron chi connectivity index (χ2n) is 4.68. The molecule has 0 spiro atoms. The van der Waals surface area contributed by atoms with Crippen LogP contribution >= 0.6 is 0 Å². The van der Waals surface area contributed by atoms with Crippen molar-refractivity contribution in [2.75, 3.05) is 0 Å². The van der Waals surface area contributed by atoms with Crippen LogP contribution in [0.15, 0.2) is 30.5 Å². The van der Waals surface area contributed by atoms with E-state index in [1.54, 1.807) is 12.1 Å². The Hall–Kier alpha value is -1.68. The van der Waals surface area contributed by atoms with Crippen molar-refractivity contribution in [2.24, 2.45) is 0 Å². The van der Waals surface area contributed by atoms with Crippen LogP contribution in [0.4, 0.5) is 4.39 Å². The highest BCUT2D eigenvalue weighted by Crippen LogP contribution is 2.14. The Morgan fingerprint density at radius 2 is 1.94 bits per heavy atom. The zero-order chi connectivity index (χ0) is 13.1. The minimum Gasteiger partial charge on any atom is -0.310 e. The minimum absolute atomic E-state index is 0.231. The van der Waals surface area contributed by atoms with E-state index in [1.807, 2.05) is 17.8 Å². The smallest absolute Gasteiger partial charge is 0.123 e. The largest absolute Gasteiger partial charge is 0.310 e. The fourth-order valence-electron chi connectivity index (χ4n) is 1.77. The third-order valence-corrected chi connectivity index (χ3v) is 2.88. The lowest BCUT2D eigenvalue weighted by atomic mass is 10.2. The second-order valence-corrected chi connectivity index (χ2v) is 4.68. The number of benzene rings is 1. The van der Waals surface area contributed by atoms with Crippen LogP contribution in [0.25, 0.3) is 5.69 Å². The number of halogens is 1. The van der Waals surface area contributed by atoms with Crippen LogP contribution in [0.1, 0.15) is 25.1 Å². The highest BCUT2D eigenvalue weighted by Gasteiger charge is 2.08. The Morgan fingerprint density at radius 1 is 1.28 bits per heavy atom. The summed E-state index contributed by atoms with van der Waals surface area (Å²) in [5.74, 6) is -0.231. The van der Waals surface area contributed by atoms with Gasteiger partial charge < -0.3 is 5.32 Å². The minimum atomic E-state index is -0.231. The van der Waals surface area contributed by atoms with Crippen molar-refractivity contribution in [1.29, 1.82) is 0 Å². The number of hydrogen-bond acceptors (Lipinski definition) is 2. The number of nitrogens with one attached hydrogen (secondary N) is 1. The molecule has 1 aromatic carbocycles. The molecule has 0 unspecified atom stereocenters. The van der Waals surface area contributed by atoms with Crippen LogP contribution in [0.5, 0.6) is 0 Å². The summed E-state index contributed by atoms with van der Waals surface area (Å²) < 4.78 is 14.7. The van der Waals surface area contributed by atoms with Gasteiger partial charge in [-0.3, -0.25) is 0 Å². The van der Waals surface area contributed by atoms with Crippen LogP contribution < -0.4 is 5.32 Å². The average molecular weight is 247 g/mol. The maximum atomic E-state index is 12.9. The molecule has 1 aromatic heterocycles. The first kappa shape index (κ1) is 12.8. The molecule has 0 atom stereocenters. The molecule has 0 fully saturated rings. The van der Waals surface area contributed by atoms with Crippen LogP contribution in [0, 0.1) is 12.7 Å². The molecular weight excluding hydrogens is 229 g/mol. The van der Waals surface area contributed by atoms with E-state index in [9.17, 15) is 4.39 Å². The zero-order valence-electron chi connectivity index (χ0n) is 10.9. The maximum Gasteiger partial charge on any atom is 0.123 e. The van der Waals surface area contributed by atoms with Gasteiger partial charge in [-0.25, -0.2) is 9.07 Å². The van der Waals surface area contributed by atoms with Gasteiger partial charge >= 0.3 is 0 Å². The number of rotatable bonds is 4. The van der Waals surface area contributed by atoms with Gasteiger partial charge in [0.15, 0.2) is 0 Å². The van der Waals surface area contributed by atoms with Crippen molar-refractivity contribution in [1.82, 2.24) is 15.1 Å². The van der Waals surface area contributed by atoms with E-state index in [0.717, 1.165) is 23.5 Å². The third kappa shape index (κ3) is 2.76. The fourth-order valence-corrected chi connectivity index (χ4v) is 1.77. The standard InChI is InChI=1S/C14H18FN3/c1-10(2)16-8-12-9-17-18(11(12)3)14-6-4-13(15)5-7-14/h4-7,9-10,16H,8H2,1-3H3. The van der Waals surface area contributed by atoms with Gasteiger partial charge in [-0.2, -0.15) is 5.10 Å². The molecule has 0 aliphatic rings. The molecule has 3 nitrogen and oxygen atoms in total. The van der Waals surface area contributed by atoms with Gasteiger partial charge in [0.1, 0.15) is 5.82 Å². The van der Waals surface area contributed by atoms with E-state index in [2.05, 4.69) is 24.3 Å². The molecule has 0 radical (unpaired) electrons. The Kier molecular flexibility index (Phi) is 3.77. The molecule has 2 rings (SSSR count). The lowest BCUT2D eigenvalue weighted by Gasteiger charge is -2.08. The number of aromatic nitrogens is 2. The molecule has 18 heavy (non-hydrogen) atoms. The summed E-state index contributed by atoms with van der Waals surface area (Å²) in [6.07, 6.45) is 1.86. The van der Waals surface area contributed by atoms with Crippen molar-refractivity contribution in [3.63, 3.8) is 0 Å². The summed E-state index contributed by atoms with van der Waals surface area (Å²) in [6, 6.07) is 6.80. The monoisotopic (exact) mass is 247 g/mol. The van der Waals surface area contributed by atoms with E-state index in [4.69, 9.17) is 0 Å². The first-order chi connectivity index (χ1) is 8.58. The molecule has 0 amide bonds. The molecule has 0 aliphatic carbocycles. The Morgan fingerprint density at radius 3 is 2.56 bits per heavy atom. The first-order valence-electron chi connectivity index (χ1n) is 6.10. The van der Waals surface area contributed by atoms with Gasteiger partial charge in [0.05, 0.1) is 11.9 Å². The van der Waals surface area contributed by atoms with E-state index in [0.29, 0.717) is 6.04 Å². The molecule has 2 aromatic rings. The van der Waals surface area contributed by atoms with Gasteiger partial charge in [0.2, 0.25) is 0 Å². The summed E-state index contributed by atoms with van der Waals surface area (Å²) in [7, 11) is 0. The van der Waals surface area contributed by atoms with Crippen molar-refractivity contribution in [2.45, 2.75) is 33.4 Å². The van der Waals surface area contributed by atoms with Gasteiger partial charge in [0, 0.05) is 23.8 Å². The molecule has 1 heterocycles. The zero-order valence-corrected chi connectivity index (χ0v) is 10.9. The summed E-state index contributed by atoms with van der Waals surface area (Å²) in [4.78, 5) is 0. The van der Waals surface area contributed by atoms with Gasteiger partial charge in [-0.05, 0) is 31.2 Å². The van der Waals surface area contributed by atoms with Gasteiger partial charge in [-0.1, -0.05) is 13.8 Å². The number of nitrogens with zero attached hydrogens (tertiary/aromatic N) is 2. The van der Waals surface area contributed by atoms with Crippen LogP contribution in [-0.2, 0) is 6.54 Å². The molecular formula is C14H18FN3. The predicted octanol–water partition coefficient (Wildman–Crippen LogP) is 2.82. The van der Waals surface area contributed by atoms with Crippen molar-refractivity contribution < 1.29 is 4.39 Å². The predicted molar refractivity (Wildman–Crippen MR) is 70.2 cm³/mol. The van der Waals surface area contributed by atoms with E-state index >= 15 is 0 Å². The Labute approximate surface area is 107 Å². The van der Waals surface area contributed by atoms with Crippen molar-refractivity contribution in [3.05, 3.63) is 47.5 Å². The topological polar surface area (TPSA) is 29.9 Å². The highest BCUT2D eigenvalue weighted by atomic mass is 19.1. The number of hydrogen-bond donors (Lipinski definition) is 1. The Bertz CT molecular complexity index is 514. The van der Waals surface area contributed by atoms with Crippen LogP contribution in [-0.4, -0.2) is 15.8 Å². The molecule has 96 valence electrons. The lowest BCUT2D eigenvalue weighted by molar-refractivity contribution is 0.587. The second kappa shape index (κ2) is 5.31. The van der Waals surface area contributed by atoms with E-state index in [1.165, 1.54) is 12.1 Å². The molecule has 0 aliphatic heterocycles. The van der Waals surface area contributed by atoms with Crippen LogP contribution in [0.3, 0.4) is 0 Å². The van der Waals surface area contributed by atoms with Gasteiger partial charge in [0.25, 0.3) is 0 Å². The Balaban J connectivity index is 2.22. The average Bonchev–Trinajstić information content (AvgIpc) is 2.69. The van der Waals surface area contributed by atoms with Crippen molar-refractivity contribution >= 4 is 0 Å². The third-order valence-electron chi connectivity index (χ3n) is 2.88. The summed E-state index contributed by atoms with van der Waals surface area (Å²) in [6.45, 7) is 7.04. The van der Waals surface area contributed by atoms with E-state index in [-0.39, 0.29) is 5.82 Å². The molecule has 4 heteroatoms. The van der Waals surface area contributed by atoms with Crippen molar-refractivity contribution in [3.8, 4) is 5.69 Å². The summed E-state index contributed by atoms with van der Waals surface area (Å²) in [5, 5.41) is 7.71. The fraction of sp³-hybridized carbons (Fsp3) is 0.357. The summed E-state index contributed by atoms with van der Waals surface area (Å²) in [5.41, 5.74) is 3.12.